The van der Waals surface area contributed by atoms with Crippen LogP contribution in [0.1, 0.15) is 18.0 Å². The largest absolute Gasteiger partial charge is 0.497 e. The summed E-state index contributed by atoms with van der Waals surface area (Å²) in [5, 5.41) is 9.93. The average molecular weight is 377 g/mol. The van der Waals surface area contributed by atoms with Crippen LogP contribution >= 0.6 is 0 Å². The first-order chi connectivity index (χ1) is 13.5. The Morgan fingerprint density at radius 1 is 1.25 bits per heavy atom. The lowest BCUT2D eigenvalue weighted by Gasteiger charge is -2.10. The highest BCUT2D eigenvalue weighted by molar-refractivity contribution is 6.01. The SMILES string of the molecule is COc1ccc(-c2nc3n(n2)[C@H](CC(=O)Nc2cccc(C)c2)C(=O)N3)cc1. The number of benzene rings is 2. The van der Waals surface area contributed by atoms with E-state index in [0.717, 1.165) is 16.9 Å². The summed E-state index contributed by atoms with van der Waals surface area (Å²) in [5.74, 6) is 0.983. The number of carbonyl (C=O) groups excluding carboxylic acids is 2. The molecule has 0 spiro atoms. The van der Waals surface area contributed by atoms with Crippen molar-refractivity contribution in [2.45, 2.75) is 19.4 Å². The number of aromatic nitrogens is 3. The van der Waals surface area contributed by atoms with Crippen molar-refractivity contribution in [3.8, 4) is 17.1 Å². The van der Waals surface area contributed by atoms with Crippen LogP contribution in [0.2, 0.25) is 0 Å². The van der Waals surface area contributed by atoms with Crippen LogP contribution < -0.4 is 15.4 Å². The molecule has 0 unspecified atom stereocenters. The summed E-state index contributed by atoms with van der Waals surface area (Å²) in [4.78, 5) is 29.0. The van der Waals surface area contributed by atoms with Gasteiger partial charge in [-0.1, -0.05) is 12.1 Å². The average Bonchev–Trinajstić information content (AvgIpc) is 3.20. The molecule has 1 aromatic heterocycles. The molecule has 0 fully saturated rings. The Hall–Kier alpha value is -3.68. The van der Waals surface area contributed by atoms with Crippen LogP contribution in [0.5, 0.6) is 5.75 Å². The summed E-state index contributed by atoms with van der Waals surface area (Å²) >= 11 is 0. The van der Waals surface area contributed by atoms with Gasteiger partial charge >= 0.3 is 0 Å². The van der Waals surface area contributed by atoms with Crippen molar-refractivity contribution in [3.05, 3.63) is 54.1 Å². The van der Waals surface area contributed by atoms with E-state index in [1.165, 1.54) is 4.68 Å². The summed E-state index contributed by atoms with van der Waals surface area (Å²) in [7, 11) is 1.60. The van der Waals surface area contributed by atoms with Crippen LogP contribution in [-0.2, 0) is 9.59 Å². The fourth-order valence-electron chi connectivity index (χ4n) is 3.08. The second kappa shape index (κ2) is 7.15. The number of nitrogens with zero attached hydrogens (tertiary/aromatic N) is 3. The summed E-state index contributed by atoms with van der Waals surface area (Å²) < 4.78 is 6.62. The molecule has 8 nitrogen and oxygen atoms in total. The monoisotopic (exact) mass is 377 g/mol. The van der Waals surface area contributed by atoms with Crippen molar-refractivity contribution in [2.75, 3.05) is 17.7 Å². The van der Waals surface area contributed by atoms with Crippen LogP contribution in [0.15, 0.2) is 48.5 Å². The molecule has 2 amide bonds. The van der Waals surface area contributed by atoms with Crippen molar-refractivity contribution in [2.24, 2.45) is 0 Å². The summed E-state index contributed by atoms with van der Waals surface area (Å²) in [5.41, 5.74) is 2.53. The van der Waals surface area contributed by atoms with Gasteiger partial charge in [-0.25, -0.2) is 4.68 Å². The zero-order valence-electron chi connectivity index (χ0n) is 15.5. The van der Waals surface area contributed by atoms with Gasteiger partial charge in [0.25, 0.3) is 5.91 Å². The highest BCUT2D eigenvalue weighted by Gasteiger charge is 2.35. The van der Waals surface area contributed by atoms with Crippen molar-refractivity contribution in [1.29, 1.82) is 0 Å². The number of amides is 2. The molecule has 1 atom stereocenters. The standard InChI is InChI=1S/C20H19N5O3/c1-12-4-3-5-14(10-12)21-17(26)11-16-19(27)23-20-22-18(24-25(16)20)13-6-8-15(28-2)9-7-13/h3-10,16H,11H2,1-2H3,(H,21,26)(H,22,23,24,27)/t16-/m1/s1. The van der Waals surface area contributed by atoms with Gasteiger partial charge in [-0.3, -0.25) is 14.9 Å². The molecule has 4 rings (SSSR count). The van der Waals surface area contributed by atoms with E-state index in [1.54, 1.807) is 7.11 Å². The van der Waals surface area contributed by atoms with Gasteiger partial charge in [-0.15, -0.1) is 5.10 Å². The minimum absolute atomic E-state index is 0.0296. The third-order valence-corrected chi connectivity index (χ3v) is 4.49. The zero-order chi connectivity index (χ0) is 19.7. The normalized spacial score (nSPS) is 15.1. The first-order valence-corrected chi connectivity index (χ1v) is 8.82. The Labute approximate surface area is 161 Å². The molecule has 28 heavy (non-hydrogen) atoms. The van der Waals surface area contributed by atoms with Crippen LogP contribution in [-0.4, -0.2) is 33.7 Å². The number of nitrogens with one attached hydrogen (secondary N) is 2. The van der Waals surface area contributed by atoms with Gasteiger partial charge < -0.3 is 10.1 Å². The molecule has 1 aliphatic heterocycles. The summed E-state index contributed by atoms with van der Waals surface area (Å²) in [6, 6.07) is 14.1. The van der Waals surface area contributed by atoms with Gasteiger partial charge in [0.15, 0.2) is 5.82 Å². The number of methoxy groups -OCH3 is 1. The molecular weight excluding hydrogens is 358 g/mol. The Bertz CT molecular complexity index is 1040. The van der Waals surface area contributed by atoms with Crippen LogP contribution in [0, 0.1) is 6.92 Å². The molecule has 0 saturated heterocycles. The fourth-order valence-corrected chi connectivity index (χ4v) is 3.08. The molecule has 8 heteroatoms. The lowest BCUT2D eigenvalue weighted by Crippen LogP contribution is -2.23. The fraction of sp³-hybridized carbons (Fsp3) is 0.200. The van der Waals surface area contributed by atoms with E-state index in [-0.39, 0.29) is 18.2 Å². The molecule has 2 N–H and O–H groups in total. The molecular formula is C20H19N5O3. The minimum atomic E-state index is -0.737. The van der Waals surface area contributed by atoms with Gasteiger partial charge in [0.05, 0.1) is 13.5 Å². The zero-order valence-corrected chi connectivity index (χ0v) is 15.5. The lowest BCUT2D eigenvalue weighted by molar-refractivity contribution is -0.123. The van der Waals surface area contributed by atoms with Crippen molar-refractivity contribution in [3.63, 3.8) is 0 Å². The molecule has 3 aromatic rings. The van der Waals surface area contributed by atoms with Gasteiger partial charge in [-0.2, -0.15) is 4.98 Å². The van der Waals surface area contributed by atoms with Crippen LogP contribution in [0.3, 0.4) is 0 Å². The second-order valence-corrected chi connectivity index (χ2v) is 6.56. The Kier molecular flexibility index (Phi) is 4.52. The number of hydrogen-bond acceptors (Lipinski definition) is 5. The van der Waals surface area contributed by atoms with Crippen LogP contribution in [0.4, 0.5) is 11.6 Å². The molecule has 142 valence electrons. The number of anilines is 2. The third kappa shape index (κ3) is 3.44. The number of hydrogen-bond donors (Lipinski definition) is 2. The molecule has 0 aliphatic carbocycles. The quantitative estimate of drug-likeness (QED) is 0.712. The van der Waals surface area contributed by atoms with Gasteiger partial charge in [0, 0.05) is 11.3 Å². The Balaban J connectivity index is 1.51. The van der Waals surface area contributed by atoms with Crippen LogP contribution in [0.25, 0.3) is 11.4 Å². The molecule has 0 bridgehead atoms. The first-order valence-electron chi connectivity index (χ1n) is 8.82. The van der Waals surface area contributed by atoms with E-state index < -0.39 is 6.04 Å². The number of rotatable bonds is 5. The van der Waals surface area contributed by atoms with E-state index in [4.69, 9.17) is 4.74 Å². The number of carbonyl (C=O) groups is 2. The van der Waals surface area contributed by atoms with E-state index in [1.807, 2.05) is 55.5 Å². The van der Waals surface area contributed by atoms with Crippen molar-refractivity contribution in [1.82, 2.24) is 14.8 Å². The number of aryl methyl sites for hydroxylation is 1. The van der Waals surface area contributed by atoms with E-state index in [2.05, 4.69) is 20.7 Å². The minimum Gasteiger partial charge on any atom is -0.497 e. The highest BCUT2D eigenvalue weighted by Crippen LogP contribution is 2.29. The molecule has 0 radical (unpaired) electrons. The maximum absolute atomic E-state index is 12.4. The van der Waals surface area contributed by atoms with Gasteiger partial charge in [-0.05, 0) is 48.9 Å². The molecule has 2 heterocycles. The lowest BCUT2D eigenvalue weighted by atomic mass is 10.2. The molecule has 0 saturated carbocycles. The van der Waals surface area contributed by atoms with Gasteiger partial charge in [0.1, 0.15) is 11.8 Å². The number of fused-ring (bicyclic) bond motifs is 1. The second-order valence-electron chi connectivity index (χ2n) is 6.56. The topological polar surface area (TPSA) is 98.1 Å². The highest BCUT2D eigenvalue weighted by atomic mass is 16.5. The predicted molar refractivity (Wildman–Crippen MR) is 104 cm³/mol. The first kappa shape index (κ1) is 17.7. The number of ether oxygens (including phenoxy) is 1. The molecule has 1 aliphatic rings. The summed E-state index contributed by atoms with van der Waals surface area (Å²) in [6.07, 6.45) is -0.0296. The van der Waals surface area contributed by atoms with Gasteiger partial charge in [0.2, 0.25) is 11.9 Å². The third-order valence-electron chi connectivity index (χ3n) is 4.49. The Morgan fingerprint density at radius 2 is 2.04 bits per heavy atom. The van der Waals surface area contributed by atoms with E-state index in [0.29, 0.717) is 17.5 Å². The maximum Gasteiger partial charge on any atom is 0.252 e. The predicted octanol–water partition coefficient (Wildman–Crippen LogP) is 2.78. The Morgan fingerprint density at radius 3 is 2.75 bits per heavy atom. The van der Waals surface area contributed by atoms with Crippen molar-refractivity contribution >= 4 is 23.5 Å². The molecule has 2 aromatic carbocycles. The maximum atomic E-state index is 12.4. The van der Waals surface area contributed by atoms with E-state index in [9.17, 15) is 9.59 Å². The smallest absolute Gasteiger partial charge is 0.252 e. The van der Waals surface area contributed by atoms with Crippen molar-refractivity contribution < 1.29 is 14.3 Å². The van der Waals surface area contributed by atoms with E-state index >= 15 is 0 Å². The summed E-state index contributed by atoms with van der Waals surface area (Å²) in [6.45, 7) is 1.95.